The van der Waals surface area contributed by atoms with Crippen LogP contribution in [0.5, 0.6) is 0 Å². The van der Waals surface area contributed by atoms with Crippen molar-refractivity contribution in [2.45, 2.75) is 25.7 Å². The van der Waals surface area contributed by atoms with Gasteiger partial charge in [-0.1, -0.05) is 42.5 Å². The molecule has 0 fully saturated rings. The highest BCUT2D eigenvalue weighted by molar-refractivity contribution is 5.95. The average molecular weight is 404 g/mol. The third-order valence-corrected chi connectivity index (χ3v) is 4.73. The fourth-order valence-corrected chi connectivity index (χ4v) is 3.26. The first kappa shape index (κ1) is 20.4. The maximum atomic E-state index is 13.1. The first-order chi connectivity index (χ1) is 13.7. The number of nitrogens with zero attached hydrogens (tertiary/aromatic N) is 1. The summed E-state index contributed by atoms with van der Waals surface area (Å²) in [6.45, 7) is 1.78. The summed E-state index contributed by atoms with van der Waals surface area (Å²) in [4.78, 5) is 26.6. The van der Waals surface area contributed by atoms with Crippen LogP contribution in [0.1, 0.15) is 29.7 Å². The molecule has 0 saturated heterocycles. The standard InChI is InChI=1S/C21H19F3N2O3/c1-13-17(19(27)29-2)18(15-9-6-10-16(11-15)21(22,23)24)25-20(28)26(13)12-14-7-4-3-5-8-14/h3-11,18H,12H2,1-2H3,(H,25,28)/t18-/m0/s1. The number of hydrogen-bond donors (Lipinski definition) is 1. The summed E-state index contributed by atoms with van der Waals surface area (Å²) in [6, 6.07) is 12.1. The van der Waals surface area contributed by atoms with Crippen molar-refractivity contribution in [2.24, 2.45) is 0 Å². The normalized spacial score (nSPS) is 17.2. The molecule has 0 unspecified atom stereocenters. The number of methoxy groups -OCH3 is 1. The van der Waals surface area contributed by atoms with Crippen LogP contribution in [0, 0.1) is 0 Å². The number of nitrogens with one attached hydrogen (secondary N) is 1. The lowest BCUT2D eigenvalue weighted by atomic mass is 9.93. The van der Waals surface area contributed by atoms with Crippen LogP contribution >= 0.6 is 0 Å². The molecule has 0 spiro atoms. The van der Waals surface area contributed by atoms with E-state index in [1.54, 1.807) is 6.92 Å². The number of rotatable bonds is 4. The van der Waals surface area contributed by atoms with Gasteiger partial charge in [-0.05, 0) is 30.2 Å². The van der Waals surface area contributed by atoms with Crippen molar-refractivity contribution < 1.29 is 27.5 Å². The van der Waals surface area contributed by atoms with Gasteiger partial charge in [0.05, 0.1) is 30.8 Å². The van der Waals surface area contributed by atoms with Gasteiger partial charge in [-0.2, -0.15) is 13.2 Å². The number of carbonyl (C=O) groups excluding carboxylic acids is 2. The monoisotopic (exact) mass is 404 g/mol. The summed E-state index contributed by atoms with van der Waals surface area (Å²) in [5.41, 5.74) is 0.531. The van der Waals surface area contributed by atoms with Gasteiger partial charge in [-0.3, -0.25) is 4.90 Å². The molecule has 2 aromatic rings. The molecule has 3 rings (SSSR count). The van der Waals surface area contributed by atoms with E-state index in [4.69, 9.17) is 4.74 Å². The van der Waals surface area contributed by atoms with E-state index in [0.717, 1.165) is 17.7 Å². The Hall–Kier alpha value is -3.29. The number of allylic oxidation sites excluding steroid dienone is 1. The first-order valence-corrected chi connectivity index (χ1v) is 8.80. The zero-order chi connectivity index (χ0) is 21.2. The van der Waals surface area contributed by atoms with Crippen LogP contribution in [0.3, 0.4) is 0 Å². The second kappa shape index (κ2) is 7.98. The zero-order valence-electron chi connectivity index (χ0n) is 15.8. The second-order valence-electron chi connectivity index (χ2n) is 6.57. The summed E-state index contributed by atoms with van der Waals surface area (Å²) in [6.07, 6.45) is -4.54. The van der Waals surface area contributed by atoms with Crippen molar-refractivity contribution >= 4 is 12.0 Å². The molecule has 0 radical (unpaired) electrons. The number of amides is 2. The van der Waals surface area contributed by atoms with Gasteiger partial charge < -0.3 is 10.1 Å². The molecule has 5 nitrogen and oxygen atoms in total. The number of esters is 1. The Balaban J connectivity index is 2.05. The molecule has 29 heavy (non-hydrogen) atoms. The molecule has 1 aliphatic heterocycles. The minimum atomic E-state index is -4.54. The quantitative estimate of drug-likeness (QED) is 0.768. The maximum Gasteiger partial charge on any atom is 0.416 e. The van der Waals surface area contributed by atoms with Gasteiger partial charge in [0, 0.05) is 5.70 Å². The highest BCUT2D eigenvalue weighted by Crippen LogP contribution is 2.35. The number of hydrogen-bond acceptors (Lipinski definition) is 3. The van der Waals surface area contributed by atoms with Crippen LogP contribution in [0.25, 0.3) is 0 Å². The number of urea groups is 1. The second-order valence-corrected chi connectivity index (χ2v) is 6.57. The van der Waals surface area contributed by atoms with Crippen molar-refractivity contribution in [3.63, 3.8) is 0 Å². The largest absolute Gasteiger partial charge is 0.466 e. The van der Waals surface area contributed by atoms with E-state index in [1.807, 2.05) is 30.3 Å². The van der Waals surface area contributed by atoms with Gasteiger partial charge in [-0.15, -0.1) is 0 Å². The molecule has 0 bridgehead atoms. The third-order valence-electron chi connectivity index (χ3n) is 4.73. The molecule has 1 N–H and O–H groups in total. The van der Waals surface area contributed by atoms with E-state index in [2.05, 4.69) is 5.32 Å². The smallest absolute Gasteiger partial charge is 0.416 e. The van der Waals surface area contributed by atoms with Crippen molar-refractivity contribution in [3.8, 4) is 0 Å². The van der Waals surface area contributed by atoms with E-state index in [9.17, 15) is 22.8 Å². The van der Waals surface area contributed by atoms with Gasteiger partial charge in [0.25, 0.3) is 0 Å². The summed E-state index contributed by atoms with van der Waals surface area (Å²) >= 11 is 0. The third kappa shape index (κ3) is 4.26. The average Bonchev–Trinajstić information content (AvgIpc) is 2.70. The Bertz CT molecular complexity index is 955. The van der Waals surface area contributed by atoms with Crippen LogP contribution in [-0.4, -0.2) is 24.0 Å². The van der Waals surface area contributed by atoms with E-state index >= 15 is 0 Å². The predicted molar refractivity (Wildman–Crippen MR) is 99.4 cm³/mol. The molecule has 2 amide bonds. The lowest BCUT2D eigenvalue weighted by molar-refractivity contribution is -0.137. The van der Waals surface area contributed by atoms with E-state index in [0.29, 0.717) is 5.70 Å². The van der Waals surface area contributed by atoms with E-state index in [-0.39, 0.29) is 17.7 Å². The minimum absolute atomic E-state index is 0.0855. The van der Waals surface area contributed by atoms with Gasteiger partial charge >= 0.3 is 18.2 Å². The van der Waals surface area contributed by atoms with E-state index < -0.39 is 29.8 Å². The number of benzene rings is 2. The van der Waals surface area contributed by atoms with Crippen LogP contribution in [-0.2, 0) is 22.3 Å². The fourth-order valence-electron chi connectivity index (χ4n) is 3.26. The predicted octanol–water partition coefficient (Wildman–Crippen LogP) is 4.42. The summed E-state index contributed by atoms with van der Waals surface area (Å²) in [5.74, 6) is -0.719. The zero-order valence-corrected chi connectivity index (χ0v) is 15.8. The molecule has 0 saturated carbocycles. The number of halogens is 3. The van der Waals surface area contributed by atoms with Gasteiger partial charge in [-0.25, -0.2) is 9.59 Å². The fraction of sp³-hybridized carbons (Fsp3) is 0.238. The van der Waals surface area contributed by atoms with E-state index in [1.165, 1.54) is 24.1 Å². The summed E-state index contributed by atoms with van der Waals surface area (Å²) in [5, 5.41) is 2.64. The van der Waals surface area contributed by atoms with Crippen molar-refractivity contribution in [1.82, 2.24) is 10.2 Å². The molecule has 2 aromatic carbocycles. The highest BCUT2D eigenvalue weighted by Gasteiger charge is 2.37. The summed E-state index contributed by atoms with van der Waals surface area (Å²) in [7, 11) is 1.18. The number of carbonyl (C=O) groups is 2. The molecule has 152 valence electrons. The Morgan fingerprint density at radius 2 is 1.83 bits per heavy atom. The minimum Gasteiger partial charge on any atom is -0.466 e. The Labute approximate surface area is 165 Å². The van der Waals surface area contributed by atoms with Crippen LogP contribution in [0.2, 0.25) is 0 Å². The SMILES string of the molecule is COC(=O)C1=C(C)N(Cc2ccccc2)C(=O)N[C@H]1c1cccc(C(F)(F)F)c1. The number of ether oxygens (including phenoxy) is 1. The van der Waals surface area contributed by atoms with Gasteiger partial charge in [0.1, 0.15) is 0 Å². The summed E-state index contributed by atoms with van der Waals surface area (Å²) < 4.78 is 44.2. The molecule has 0 aromatic heterocycles. The Kier molecular flexibility index (Phi) is 5.63. The van der Waals surface area contributed by atoms with Crippen LogP contribution < -0.4 is 5.32 Å². The van der Waals surface area contributed by atoms with Crippen molar-refractivity contribution in [3.05, 3.63) is 82.6 Å². The Morgan fingerprint density at radius 3 is 2.45 bits per heavy atom. The van der Waals surface area contributed by atoms with Gasteiger partial charge in [0.15, 0.2) is 0 Å². The first-order valence-electron chi connectivity index (χ1n) is 8.80. The van der Waals surface area contributed by atoms with Crippen LogP contribution in [0.15, 0.2) is 65.9 Å². The highest BCUT2D eigenvalue weighted by atomic mass is 19.4. The topological polar surface area (TPSA) is 58.6 Å². The lowest BCUT2D eigenvalue weighted by Gasteiger charge is -2.35. The molecule has 1 heterocycles. The molecule has 1 atom stereocenters. The molecule has 1 aliphatic rings. The van der Waals surface area contributed by atoms with Gasteiger partial charge in [0.2, 0.25) is 0 Å². The molecule has 0 aliphatic carbocycles. The molecule has 8 heteroatoms. The van der Waals surface area contributed by atoms with Crippen molar-refractivity contribution in [1.29, 1.82) is 0 Å². The molecular formula is C21H19F3N2O3. The van der Waals surface area contributed by atoms with Crippen LogP contribution in [0.4, 0.5) is 18.0 Å². The Morgan fingerprint density at radius 1 is 1.14 bits per heavy atom. The lowest BCUT2D eigenvalue weighted by Crippen LogP contribution is -2.47. The maximum absolute atomic E-state index is 13.1. The molecular weight excluding hydrogens is 385 g/mol. The number of alkyl halides is 3. The van der Waals surface area contributed by atoms with Crippen molar-refractivity contribution in [2.75, 3.05) is 7.11 Å².